The highest BCUT2D eigenvalue weighted by molar-refractivity contribution is 5.54. The summed E-state index contributed by atoms with van der Waals surface area (Å²) in [5, 5.41) is 3.50. The van der Waals surface area contributed by atoms with E-state index >= 15 is 0 Å². The van der Waals surface area contributed by atoms with Crippen LogP contribution in [-0.4, -0.2) is 36.8 Å². The summed E-state index contributed by atoms with van der Waals surface area (Å²) in [5.41, 5.74) is 2.56. The van der Waals surface area contributed by atoms with Gasteiger partial charge in [-0.05, 0) is 43.0 Å². The molecule has 1 aromatic heterocycles. The van der Waals surface area contributed by atoms with Gasteiger partial charge in [0.25, 0.3) is 0 Å². The number of nitrogens with zero attached hydrogens (tertiary/aromatic N) is 3. The minimum Gasteiger partial charge on any atom is -0.493 e. The van der Waals surface area contributed by atoms with Gasteiger partial charge in [-0.15, -0.1) is 0 Å². The third-order valence-electron chi connectivity index (χ3n) is 5.30. The first-order chi connectivity index (χ1) is 13.4. The molecule has 0 aliphatic carbocycles. The van der Waals surface area contributed by atoms with Crippen molar-refractivity contribution in [3.05, 3.63) is 35.2 Å². The Morgan fingerprint density at radius 1 is 1.04 bits per heavy atom. The van der Waals surface area contributed by atoms with Crippen LogP contribution in [0.15, 0.2) is 18.2 Å². The van der Waals surface area contributed by atoms with Crippen molar-refractivity contribution in [3.63, 3.8) is 0 Å². The van der Waals surface area contributed by atoms with Crippen molar-refractivity contribution in [1.29, 1.82) is 0 Å². The van der Waals surface area contributed by atoms with E-state index in [-0.39, 0.29) is 5.92 Å². The Balaban J connectivity index is 1.91. The molecule has 1 aliphatic heterocycles. The normalized spacial score (nSPS) is 14.6. The van der Waals surface area contributed by atoms with Crippen molar-refractivity contribution in [3.8, 4) is 11.5 Å². The van der Waals surface area contributed by atoms with Crippen LogP contribution in [0.5, 0.6) is 11.5 Å². The van der Waals surface area contributed by atoms with E-state index in [4.69, 9.17) is 19.4 Å². The van der Waals surface area contributed by atoms with E-state index < -0.39 is 0 Å². The molecule has 1 aromatic carbocycles. The molecule has 0 spiro atoms. The largest absolute Gasteiger partial charge is 0.493 e. The van der Waals surface area contributed by atoms with Gasteiger partial charge in [-0.3, -0.25) is 0 Å². The van der Waals surface area contributed by atoms with Crippen molar-refractivity contribution >= 4 is 11.6 Å². The topological polar surface area (TPSA) is 59.5 Å². The summed E-state index contributed by atoms with van der Waals surface area (Å²) in [5.74, 6) is 4.60. The van der Waals surface area contributed by atoms with Gasteiger partial charge in [0.15, 0.2) is 11.5 Å². The molecule has 6 nitrogen and oxygen atoms in total. The Hall–Kier alpha value is -2.50. The number of nitrogens with one attached hydrogen (secondary N) is 1. The van der Waals surface area contributed by atoms with Crippen molar-refractivity contribution in [2.45, 2.75) is 59.0 Å². The Morgan fingerprint density at radius 3 is 2.32 bits per heavy atom. The molecule has 152 valence electrons. The van der Waals surface area contributed by atoms with E-state index in [0.29, 0.717) is 6.04 Å². The Bertz CT molecular complexity index is 822. The third-order valence-corrected chi connectivity index (χ3v) is 5.30. The molecule has 3 rings (SSSR count). The number of anilines is 2. The quantitative estimate of drug-likeness (QED) is 0.764. The highest BCUT2D eigenvalue weighted by Crippen LogP contribution is 2.34. The summed E-state index contributed by atoms with van der Waals surface area (Å²) in [6.07, 6.45) is 2.00. The second kappa shape index (κ2) is 8.67. The number of aromatic nitrogens is 2. The Kier molecular flexibility index (Phi) is 6.27. The Labute approximate surface area is 168 Å². The number of ether oxygens (including phenoxy) is 2. The highest BCUT2D eigenvalue weighted by atomic mass is 16.5. The number of fused-ring (bicyclic) bond motifs is 1. The molecule has 6 heteroatoms. The lowest BCUT2D eigenvalue weighted by atomic mass is 9.98. The molecule has 28 heavy (non-hydrogen) atoms. The number of hydrogen-bond acceptors (Lipinski definition) is 6. The molecule has 1 N–H and O–H groups in total. The molecule has 1 atom stereocenters. The summed E-state index contributed by atoms with van der Waals surface area (Å²) in [4.78, 5) is 11.9. The number of benzene rings is 1. The van der Waals surface area contributed by atoms with Gasteiger partial charge in [0.1, 0.15) is 17.5 Å². The predicted octanol–water partition coefficient (Wildman–Crippen LogP) is 4.39. The SMILES string of the molecule is CC[C@H](C)Nc1cc(N2CCc3cc(OC)c(OC)cc3C2)nc(C(C)C)n1. The molecular formula is C22H32N4O2. The van der Waals surface area contributed by atoms with E-state index in [2.05, 4.69) is 56.1 Å². The van der Waals surface area contributed by atoms with Crippen LogP contribution in [0, 0.1) is 0 Å². The van der Waals surface area contributed by atoms with E-state index in [1.165, 1.54) is 11.1 Å². The molecule has 0 saturated heterocycles. The van der Waals surface area contributed by atoms with E-state index in [0.717, 1.165) is 54.9 Å². The van der Waals surface area contributed by atoms with Gasteiger partial charge < -0.3 is 19.7 Å². The van der Waals surface area contributed by atoms with Crippen molar-refractivity contribution in [1.82, 2.24) is 9.97 Å². The van der Waals surface area contributed by atoms with E-state index in [9.17, 15) is 0 Å². The minimum atomic E-state index is 0.277. The van der Waals surface area contributed by atoms with Gasteiger partial charge in [-0.2, -0.15) is 0 Å². The van der Waals surface area contributed by atoms with E-state index in [1.807, 2.05) is 0 Å². The molecule has 0 fully saturated rings. The van der Waals surface area contributed by atoms with Crippen molar-refractivity contribution in [2.24, 2.45) is 0 Å². The maximum atomic E-state index is 5.49. The smallest absolute Gasteiger partial charge is 0.161 e. The summed E-state index contributed by atoms with van der Waals surface area (Å²) in [7, 11) is 3.36. The highest BCUT2D eigenvalue weighted by Gasteiger charge is 2.22. The van der Waals surface area contributed by atoms with Gasteiger partial charge in [0.2, 0.25) is 0 Å². The third kappa shape index (κ3) is 4.32. The van der Waals surface area contributed by atoms with Gasteiger partial charge in [-0.25, -0.2) is 9.97 Å². The van der Waals surface area contributed by atoms with Crippen LogP contribution in [0.3, 0.4) is 0 Å². The number of rotatable bonds is 7. The molecule has 0 saturated carbocycles. The molecule has 0 amide bonds. The number of methoxy groups -OCH3 is 2. The maximum Gasteiger partial charge on any atom is 0.161 e. The molecule has 0 unspecified atom stereocenters. The molecule has 0 radical (unpaired) electrons. The fraction of sp³-hybridized carbons (Fsp3) is 0.545. The molecule has 2 heterocycles. The van der Waals surface area contributed by atoms with Crippen LogP contribution in [-0.2, 0) is 13.0 Å². The number of hydrogen-bond donors (Lipinski definition) is 1. The van der Waals surface area contributed by atoms with Gasteiger partial charge in [0.05, 0.1) is 14.2 Å². The zero-order valence-corrected chi connectivity index (χ0v) is 17.9. The van der Waals surface area contributed by atoms with Crippen LogP contribution in [0.1, 0.15) is 57.0 Å². The summed E-state index contributed by atoms with van der Waals surface area (Å²) < 4.78 is 10.9. The van der Waals surface area contributed by atoms with Crippen LogP contribution in [0.25, 0.3) is 0 Å². The van der Waals surface area contributed by atoms with Crippen molar-refractivity contribution < 1.29 is 9.47 Å². The van der Waals surface area contributed by atoms with Crippen molar-refractivity contribution in [2.75, 3.05) is 31.0 Å². The van der Waals surface area contributed by atoms with Gasteiger partial charge in [-0.1, -0.05) is 20.8 Å². The first-order valence-electron chi connectivity index (χ1n) is 10.1. The first kappa shape index (κ1) is 20.2. The molecule has 2 aromatic rings. The average Bonchev–Trinajstić information content (AvgIpc) is 2.71. The standard InChI is InChI=1S/C22H32N4O2/c1-7-15(4)23-20-12-21(25-22(24-20)14(2)3)26-9-8-16-10-18(27-5)19(28-6)11-17(16)13-26/h10-12,14-15H,7-9,13H2,1-6H3,(H,23,24,25)/t15-/m0/s1. The predicted molar refractivity (Wildman–Crippen MR) is 114 cm³/mol. The lowest BCUT2D eigenvalue weighted by Gasteiger charge is -2.31. The van der Waals surface area contributed by atoms with Crippen LogP contribution in [0.2, 0.25) is 0 Å². The zero-order valence-electron chi connectivity index (χ0n) is 17.9. The lowest BCUT2D eigenvalue weighted by Crippen LogP contribution is -2.31. The molecule has 0 bridgehead atoms. The fourth-order valence-electron chi connectivity index (χ4n) is 3.38. The Morgan fingerprint density at radius 2 is 1.71 bits per heavy atom. The zero-order chi connectivity index (χ0) is 20.3. The lowest BCUT2D eigenvalue weighted by molar-refractivity contribution is 0.353. The van der Waals surface area contributed by atoms with Gasteiger partial charge >= 0.3 is 0 Å². The molecular weight excluding hydrogens is 352 g/mol. The second-order valence-electron chi connectivity index (χ2n) is 7.73. The van der Waals surface area contributed by atoms with Crippen LogP contribution in [0.4, 0.5) is 11.6 Å². The van der Waals surface area contributed by atoms with Gasteiger partial charge in [0, 0.05) is 31.1 Å². The minimum absolute atomic E-state index is 0.277. The monoisotopic (exact) mass is 384 g/mol. The van der Waals surface area contributed by atoms with Crippen LogP contribution >= 0.6 is 0 Å². The average molecular weight is 385 g/mol. The second-order valence-corrected chi connectivity index (χ2v) is 7.73. The summed E-state index contributed by atoms with van der Waals surface area (Å²) >= 11 is 0. The van der Waals surface area contributed by atoms with Crippen LogP contribution < -0.4 is 19.7 Å². The first-order valence-corrected chi connectivity index (χ1v) is 10.1. The summed E-state index contributed by atoms with van der Waals surface area (Å²) in [6, 6.07) is 6.63. The van der Waals surface area contributed by atoms with E-state index in [1.54, 1.807) is 14.2 Å². The molecule has 1 aliphatic rings. The fourth-order valence-corrected chi connectivity index (χ4v) is 3.38. The maximum absolute atomic E-state index is 5.49. The summed E-state index contributed by atoms with van der Waals surface area (Å²) in [6.45, 7) is 10.3.